The molecule has 1 heterocycles. The number of fused-ring (bicyclic) bond motifs is 1. The van der Waals surface area contributed by atoms with Crippen molar-refractivity contribution in [2.75, 3.05) is 13.3 Å². The zero-order valence-corrected chi connectivity index (χ0v) is 14.3. The summed E-state index contributed by atoms with van der Waals surface area (Å²) in [6.45, 7) is 0.532. The van der Waals surface area contributed by atoms with Crippen LogP contribution in [0.25, 0.3) is 6.08 Å². The van der Waals surface area contributed by atoms with Crippen LogP contribution in [0.15, 0.2) is 47.9 Å². The molecule has 0 spiro atoms. The van der Waals surface area contributed by atoms with Crippen molar-refractivity contribution in [3.63, 3.8) is 0 Å². The molecule has 0 saturated carbocycles. The van der Waals surface area contributed by atoms with Gasteiger partial charge in [0, 0.05) is 17.5 Å². The van der Waals surface area contributed by atoms with Gasteiger partial charge in [-0.25, -0.2) is 17.5 Å². The molecule has 2 aromatic rings. The molecule has 0 aliphatic carbocycles. The van der Waals surface area contributed by atoms with Crippen molar-refractivity contribution >= 4 is 16.1 Å². The van der Waals surface area contributed by atoms with Crippen LogP contribution in [0.1, 0.15) is 16.7 Å². The molecule has 0 amide bonds. The number of hydrogen-bond donors (Lipinski definition) is 1. The van der Waals surface area contributed by atoms with Crippen LogP contribution in [0.2, 0.25) is 0 Å². The fourth-order valence-electron chi connectivity index (χ4n) is 2.55. The number of sulfonamides is 1. The van der Waals surface area contributed by atoms with Gasteiger partial charge in [-0.1, -0.05) is 30.3 Å². The molecule has 0 saturated heterocycles. The Balaban J connectivity index is 1.63. The first-order chi connectivity index (χ1) is 12.0. The van der Waals surface area contributed by atoms with Crippen molar-refractivity contribution in [1.29, 1.82) is 0 Å². The minimum Gasteiger partial charge on any atom is -0.467 e. The molecular formula is C18H18FNO4S. The van der Waals surface area contributed by atoms with Crippen molar-refractivity contribution in [2.24, 2.45) is 0 Å². The Morgan fingerprint density at radius 1 is 1.20 bits per heavy atom. The lowest BCUT2D eigenvalue weighted by Gasteiger charge is -2.20. The van der Waals surface area contributed by atoms with E-state index in [9.17, 15) is 12.8 Å². The van der Waals surface area contributed by atoms with E-state index in [0.717, 1.165) is 11.0 Å². The second kappa shape index (κ2) is 7.77. The average Bonchev–Trinajstić information content (AvgIpc) is 2.61. The van der Waals surface area contributed by atoms with Gasteiger partial charge >= 0.3 is 0 Å². The van der Waals surface area contributed by atoms with Crippen LogP contribution >= 0.6 is 0 Å². The molecule has 1 aliphatic heterocycles. The van der Waals surface area contributed by atoms with Gasteiger partial charge in [-0.3, -0.25) is 0 Å². The number of benzene rings is 2. The molecule has 1 aliphatic rings. The topological polar surface area (TPSA) is 64.6 Å². The van der Waals surface area contributed by atoms with E-state index in [2.05, 4.69) is 4.72 Å². The summed E-state index contributed by atoms with van der Waals surface area (Å²) >= 11 is 0. The van der Waals surface area contributed by atoms with Gasteiger partial charge in [-0.15, -0.1) is 0 Å². The van der Waals surface area contributed by atoms with E-state index in [4.69, 9.17) is 9.47 Å². The Hall–Kier alpha value is -2.22. The van der Waals surface area contributed by atoms with Crippen molar-refractivity contribution in [3.8, 4) is 5.75 Å². The number of hydrogen-bond acceptors (Lipinski definition) is 4. The van der Waals surface area contributed by atoms with Gasteiger partial charge in [-0.2, -0.15) is 0 Å². The average molecular weight is 363 g/mol. The monoisotopic (exact) mass is 363 g/mol. The van der Waals surface area contributed by atoms with E-state index in [1.165, 1.54) is 18.2 Å². The Morgan fingerprint density at radius 3 is 2.80 bits per heavy atom. The third-order valence-corrected chi connectivity index (χ3v) is 4.79. The summed E-state index contributed by atoms with van der Waals surface area (Å²) in [5.74, 6) is 0.182. The molecule has 7 heteroatoms. The summed E-state index contributed by atoms with van der Waals surface area (Å²) in [5, 5.41) is 1.12. The summed E-state index contributed by atoms with van der Waals surface area (Å²) in [4.78, 5) is 0. The van der Waals surface area contributed by atoms with E-state index in [0.29, 0.717) is 23.3 Å². The third-order valence-electron chi connectivity index (χ3n) is 3.69. The van der Waals surface area contributed by atoms with E-state index < -0.39 is 15.8 Å². The molecule has 5 nitrogen and oxygen atoms in total. The minimum absolute atomic E-state index is 0.108. The molecule has 0 atom stereocenters. The van der Waals surface area contributed by atoms with Crippen LogP contribution in [-0.4, -0.2) is 21.8 Å². The second-order valence-corrected chi connectivity index (χ2v) is 7.22. The summed E-state index contributed by atoms with van der Waals surface area (Å²) in [6, 6.07) is 11.9. The van der Waals surface area contributed by atoms with Gasteiger partial charge in [-0.05, 0) is 35.8 Å². The lowest BCUT2D eigenvalue weighted by Crippen LogP contribution is -2.24. The molecule has 25 heavy (non-hydrogen) atoms. The predicted molar refractivity (Wildman–Crippen MR) is 92.8 cm³/mol. The Bertz CT molecular complexity index is 866. The maximum absolute atomic E-state index is 13.7. The molecule has 0 fully saturated rings. The van der Waals surface area contributed by atoms with Crippen LogP contribution in [0.4, 0.5) is 4.39 Å². The van der Waals surface area contributed by atoms with E-state index in [1.807, 2.05) is 30.3 Å². The maximum Gasteiger partial charge on any atom is 0.233 e. The van der Waals surface area contributed by atoms with E-state index in [1.54, 1.807) is 0 Å². The number of rotatable bonds is 6. The maximum atomic E-state index is 13.7. The standard InChI is InChI=1S/C18H18FNO4S/c19-17-10-15(18-16(11-17)12-23-13-24-18)6-8-20-25(21,22)9-7-14-4-2-1-3-5-14/h1-5,7,9-11,20H,6,8,12-13H2/b9-7+. The van der Waals surface area contributed by atoms with Gasteiger partial charge in [0.15, 0.2) is 6.79 Å². The largest absolute Gasteiger partial charge is 0.467 e. The van der Waals surface area contributed by atoms with Crippen LogP contribution in [0, 0.1) is 5.82 Å². The first-order valence-electron chi connectivity index (χ1n) is 7.78. The lowest BCUT2D eigenvalue weighted by atomic mass is 10.1. The molecule has 0 aromatic heterocycles. The highest BCUT2D eigenvalue weighted by molar-refractivity contribution is 7.92. The fourth-order valence-corrected chi connectivity index (χ4v) is 3.37. The fraction of sp³-hybridized carbons (Fsp3) is 0.222. The Labute approximate surface area is 146 Å². The van der Waals surface area contributed by atoms with Gasteiger partial charge in [0.05, 0.1) is 6.61 Å². The van der Waals surface area contributed by atoms with Gasteiger partial charge in [0.25, 0.3) is 0 Å². The summed E-state index contributed by atoms with van der Waals surface area (Å²) in [5.41, 5.74) is 2.04. The van der Waals surface area contributed by atoms with Gasteiger partial charge < -0.3 is 9.47 Å². The zero-order chi connectivity index (χ0) is 17.7. The van der Waals surface area contributed by atoms with Crippen LogP contribution in [0.3, 0.4) is 0 Å². The number of nitrogens with one attached hydrogen (secondary N) is 1. The molecule has 132 valence electrons. The summed E-state index contributed by atoms with van der Waals surface area (Å²) in [7, 11) is -3.57. The summed E-state index contributed by atoms with van der Waals surface area (Å²) < 4.78 is 50.7. The van der Waals surface area contributed by atoms with Crippen molar-refractivity contribution in [1.82, 2.24) is 4.72 Å². The number of halogens is 1. The normalized spacial score (nSPS) is 14.3. The molecule has 3 rings (SSSR count). The molecule has 0 unspecified atom stereocenters. The van der Waals surface area contributed by atoms with Crippen LogP contribution in [-0.2, 0) is 27.8 Å². The SMILES string of the molecule is O=S(=O)(/C=C/c1ccccc1)NCCc1cc(F)cc2c1OCOC2. The smallest absolute Gasteiger partial charge is 0.233 e. The molecule has 0 bridgehead atoms. The summed E-state index contributed by atoms with van der Waals surface area (Å²) in [6.07, 6.45) is 1.84. The predicted octanol–water partition coefficient (Wildman–Crippen LogP) is 2.83. The van der Waals surface area contributed by atoms with Gasteiger partial charge in [0.1, 0.15) is 11.6 Å². The number of ether oxygens (including phenoxy) is 2. The van der Waals surface area contributed by atoms with Crippen LogP contribution < -0.4 is 9.46 Å². The molecule has 1 N–H and O–H groups in total. The van der Waals surface area contributed by atoms with Crippen molar-refractivity contribution in [3.05, 3.63) is 70.4 Å². The molecular weight excluding hydrogens is 345 g/mol. The van der Waals surface area contributed by atoms with Gasteiger partial charge in [0.2, 0.25) is 10.0 Å². The molecule has 0 radical (unpaired) electrons. The molecule has 2 aromatic carbocycles. The van der Waals surface area contributed by atoms with Crippen LogP contribution in [0.5, 0.6) is 5.75 Å². The second-order valence-electron chi connectivity index (χ2n) is 5.57. The van der Waals surface area contributed by atoms with Crippen molar-refractivity contribution < 1.29 is 22.3 Å². The highest BCUT2D eigenvalue weighted by Gasteiger charge is 2.17. The Kier molecular flexibility index (Phi) is 5.47. The van der Waals surface area contributed by atoms with Crippen molar-refractivity contribution in [2.45, 2.75) is 13.0 Å². The highest BCUT2D eigenvalue weighted by Crippen LogP contribution is 2.29. The zero-order valence-electron chi connectivity index (χ0n) is 13.4. The lowest BCUT2D eigenvalue weighted by molar-refractivity contribution is -0.0172. The first kappa shape index (κ1) is 17.6. The quantitative estimate of drug-likeness (QED) is 0.857. The minimum atomic E-state index is -3.57. The highest BCUT2D eigenvalue weighted by atomic mass is 32.2. The third kappa shape index (κ3) is 4.88. The van der Waals surface area contributed by atoms with E-state index >= 15 is 0 Å². The van der Waals surface area contributed by atoms with E-state index in [-0.39, 0.29) is 19.9 Å². The first-order valence-corrected chi connectivity index (χ1v) is 9.33. The Morgan fingerprint density at radius 2 is 2.00 bits per heavy atom.